The number of amides is 1. The molecule has 1 fully saturated rings. The molecule has 2 atom stereocenters. The van der Waals surface area contributed by atoms with Crippen LogP contribution in [0.25, 0.3) is 0 Å². The number of terminal acetylenes is 1. The van der Waals surface area contributed by atoms with Gasteiger partial charge in [-0.2, -0.15) is 0 Å². The van der Waals surface area contributed by atoms with Crippen molar-refractivity contribution in [2.24, 2.45) is 11.8 Å². The van der Waals surface area contributed by atoms with Crippen molar-refractivity contribution in [2.75, 3.05) is 13.1 Å². The third-order valence-corrected chi connectivity index (χ3v) is 3.11. The molecule has 0 radical (unpaired) electrons. The summed E-state index contributed by atoms with van der Waals surface area (Å²) in [6.45, 7) is 2.76. The Bertz CT molecular complexity index is 319. The molecule has 0 aromatic carbocycles. The molecule has 0 aromatic heterocycles. The molecular weight excluding hydrogens is 206 g/mol. The summed E-state index contributed by atoms with van der Waals surface area (Å²) in [5.41, 5.74) is 0. The number of rotatable bonds is 4. The summed E-state index contributed by atoms with van der Waals surface area (Å²) >= 11 is 0. The van der Waals surface area contributed by atoms with Gasteiger partial charge in [-0.1, -0.05) is 5.92 Å². The smallest absolute Gasteiger partial charge is 0.306 e. The average molecular weight is 223 g/mol. The van der Waals surface area contributed by atoms with Gasteiger partial charge in [0.2, 0.25) is 5.91 Å². The molecule has 1 rings (SSSR count). The summed E-state index contributed by atoms with van der Waals surface area (Å²) in [4.78, 5) is 24.4. The van der Waals surface area contributed by atoms with Crippen molar-refractivity contribution in [3.8, 4) is 12.3 Å². The van der Waals surface area contributed by atoms with Crippen molar-refractivity contribution < 1.29 is 14.7 Å². The summed E-state index contributed by atoms with van der Waals surface area (Å²) in [6, 6.07) is 0. The molecule has 1 saturated carbocycles. The molecule has 0 aliphatic heterocycles. The first kappa shape index (κ1) is 12.6. The molecule has 0 saturated heterocycles. The number of carbonyl (C=O) groups excluding carboxylic acids is 1. The Labute approximate surface area is 95.6 Å². The van der Waals surface area contributed by atoms with E-state index in [2.05, 4.69) is 5.92 Å². The standard InChI is InChI=1S/C12H17NO3/c1-3-7-13(4-2)11(14)9-5-6-10(8-9)12(15)16/h1,9-10H,4-8H2,2H3,(H,15,16). The summed E-state index contributed by atoms with van der Waals surface area (Å²) in [7, 11) is 0. The van der Waals surface area contributed by atoms with E-state index in [1.165, 1.54) is 0 Å². The van der Waals surface area contributed by atoms with Crippen molar-refractivity contribution in [2.45, 2.75) is 26.2 Å². The topological polar surface area (TPSA) is 57.6 Å². The zero-order valence-electron chi connectivity index (χ0n) is 9.48. The van der Waals surface area contributed by atoms with Crippen LogP contribution in [0.15, 0.2) is 0 Å². The van der Waals surface area contributed by atoms with Crippen molar-refractivity contribution >= 4 is 11.9 Å². The molecule has 1 N–H and O–H groups in total. The minimum absolute atomic E-state index is 0.00389. The first-order valence-corrected chi connectivity index (χ1v) is 5.55. The molecule has 1 aliphatic carbocycles. The Morgan fingerprint density at radius 3 is 2.50 bits per heavy atom. The van der Waals surface area contributed by atoms with Gasteiger partial charge in [0.25, 0.3) is 0 Å². The normalized spacial score (nSPS) is 23.8. The van der Waals surface area contributed by atoms with E-state index in [-0.39, 0.29) is 17.7 Å². The average Bonchev–Trinajstić information content (AvgIpc) is 2.74. The van der Waals surface area contributed by atoms with Crippen molar-refractivity contribution in [1.82, 2.24) is 4.90 Å². The van der Waals surface area contributed by atoms with Crippen molar-refractivity contribution in [1.29, 1.82) is 0 Å². The van der Waals surface area contributed by atoms with E-state index in [1.807, 2.05) is 6.92 Å². The van der Waals surface area contributed by atoms with E-state index in [9.17, 15) is 9.59 Å². The number of carbonyl (C=O) groups is 2. The highest BCUT2D eigenvalue weighted by Crippen LogP contribution is 2.32. The molecule has 4 heteroatoms. The van der Waals surface area contributed by atoms with Crippen LogP contribution in [0.2, 0.25) is 0 Å². The van der Waals surface area contributed by atoms with Gasteiger partial charge in [0.15, 0.2) is 0 Å². The lowest BCUT2D eigenvalue weighted by molar-refractivity contribution is -0.141. The van der Waals surface area contributed by atoms with Crippen LogP contribution in [0.5, 0.6) is 0 Å². The molecule has 0 bridgehead atoms. The third-order valence-electron chi connectivity index (χ3n) is 3.11. The van der Waals surface area contributed by atoms with Gasteiger partial charge < -0.3 is 10.0 Å². The second-order valence-corrected chi connectivity index (χ2v) is 4.10. The van der Waals surface area contributed by atoms with Crippen molar-refractivity contribution in [3.63, 3.8) is 0 Å². The van der Waals surface area contributed by atoms with Gasteiger partial charge in [-0.25, -0.2) is 0 Å². The van der Waals surface area contributed by atoms with E-state index < -0.39 is 5.97 Å². The quantitative estimate of drug-likeness (QED) is 0.722. The van der Waals surface area contributed by atoms with Gasteiger partial charge in [0, 0.05) is 12.5 Å². The number of carboxylic acids is 1. The monoisotopic (exact) mass is 223 g/mol. The summed E-state index contributed by atoms with van der Waals surface area (Å²) in [5, 5.41) is 8.85. The zero-order valence-corrected chi connectivity index (χ0v) is 9.48. The van der Waals surface area contributed by atoms with Gasteiger partial charge >= 0.3 is 5.97 Å². The fourth-order valence-electron chi connectivity index (χ4n) is 2.14. The molecule has 16 heavy (non-hydrogen) atoms. The van der Waals surface area contributed by atoms with Crippen LogP contribution in [-0.2, 0) is 9.59 Å². The molecule has 1 aliphatic rings. The van der Waals surface area contributed by atoms with Gasteiger partial charge in [-0.3, -0.25) is 9.59 Å². The fourth-order valence-corrected chi connectivity index (χ4v) is 2.14. The minimum Gasteiger partial charge on any atom is -0.481 e. The van der Waals surface area contributed by atoms with E-state index in [0.29, 0.717) is 32.4 Å². The van der Waals surface area contributed by atoms with Crippen LogP contribution in [0, 0.1) is 24.2 Å². The van der Waals surface area contributed by atoms with Gasteiger partial charge in [-0.15, -0.1) is 6.42 Å². The molecule has 0 aromatic rings. The van der Waals surface area contributed by atoms with Gasteiger partial charge in [0.1, 0.15) is 0 Å². The molecule has 88 valence electrons. The van der Waals surface area contributed by atoms with Crippen LogP contribution >= 0.6 is 0 Å². The predicted molar refractivity (Wildman–Crippen MR) is 59.6 cm³/mol. The Kier molecular flexibility index (Phi) is 4.36. The highest BCUT2D eigenvalue weighted by Gasteiger charge is 2.35. The van der Waals surface area contributed by atoms with E-state index in [4.69, 9.17) is 11.5 Å². The maximum Gasteiger partial charge on any atom is 0.306 e. The number of hydrogen-bond donors (Lipinski definition) is 1. The van der Waals surface area contributed by atoms with Gasteiger partial charge in [0.05, 0.1) is 12.5 Å². The number of hydrogen-bond acceptors (Lipinski definition) is 2. The Hall–Kier alpha value is -1.50. The van der Waals surface area contributed by atoms with Crippen LogP contribution in [0.1, 0.15) is 26.2 Å². The Morgan fingerprint density at radius 2 is 2.06 bits per heavy atom. The first-order chi connectivity index (χ1) is 7.60. The maximum absolute atomic E-state index is 12.0. The summed E-state index contributed by atoms with van der Waals surface area (Å²) in [6.07, 6.45) is 6.89. The molecule has 0 heterocycles. The lowest BCUT2D eigenvalue weighted by Gasteiger charge is -2.21. The van der Waals surface area contributed by atoms with E-state index >= 15 is 0 Å². The van der Waals surface area contributed by atoms with Crippen LogP contribution in [0.3, 0.4) is 0 Å². The predicted octanol–water partition coefficient (Wildman–Crippen LogP) is 0.969. The molecular formula is C12H17NO3. The summed E-state index contributed by atoms with van der Waals surface area (Å²) < 4.78 is 0. The first-order valence-electron chi connectivity index (χ1n) is 5.55. The zero-order chi connectivity index (χ0) is 12.1. The second-order valence-electron chi connectivity index (χ2n) is 4.10. The van der Waals surface area contributed by atoms with Crippen molar-refractivity contribution in [3.05, 3.63) is 0 Å². The number of nitrogens with zero attached hydrogens (tertiary/aromatic N) is 1. The van der Waals surface area contributed by atoms with Crippen LogP contribution in [0.4, 0.5) is 0 Å². The maximum atomic E-state index is 12.0. The van der Waals surface area contributed by atoms with Gasteiger partial charge in [-0.05, 0) is 26.2 Å². The molecule has 0 spiro atoms. The SMILES string of the molecule is C#CCN(CC)C(=O)C1CCC(C(=O)O)C1. The third kappa shape index (κ3) is 2.75. The highest BCUT2D eigenvalue weighted by atomic mass is 16.4. The molecule has 2 unspecified atom stereocenters. The van der Waals surface area contributed by atoms with E-state index in [0.717, 1.165) is 0 Å². The summed E-state index contributed by atoms with van der Waals surface area (Å²) in [5.74, 6) is 1.13. The molecule has 4 nitrogen and oxygen atoms in total. The van der Waals surface area contributed by atoms with E-state index in [1.54, 1.807) is 4.90 Å². The number of carboxylic acid groups (broad SMARTS) is 1. The lowest BCUT2D eigenvalue weighted by atomic mass is 10.0. The van der Waals surface area contributed by atoms with Crippen LogP contribution in [-0.4, -0.2) is 35.0 Å². The molecule has 1 amide bonds. The second kappa shape index (κ2) is 5.55. The Morgan fingerprint density at radius 1 is 1.44 bits per heavy atom. The largest absolute Gasteiger partial charge is 0.481 e. The highest BCUT2D eigenvalue weighted by molar-refractivity contribution is 5.81. The Balaban J connectivity index is 2.56. The fraction of sp³-hybridized carbons (Fsp3) is 0.667. The lowest BCUT2D eigenvalue weighted by Crippen LogP contribution is -2.35. The minimum atomic E-state index is -0.796. The number of aliphatic carboxylic acids is 1. The van der Waals surface area contributed by atoms with Crippen LogP contribution < -0.4 is 0 Å².